The van der Waals surface area contributed by atoms with Gasteiger partial charge in [-0.2, -0.15) is 4.31 Å². The molecule has 0 aliphatic carbocycles. The molecule has 2 aromatic carbocycles. The van der Waals surface area contributed by atoms with Crippen LogP contribution >= 0.6 is 15.9 Å². The summed E-state index contributed by atoms with van der Waals surface area (Å²) in [5.41, 5.74) is 1.30. The van der Waals surface area contributed by atoms with E-state index in [9.17, 15) is 13.2 Å². The summed E-state index contributed by atoms with van der Waals surface area (Å²) in [6, 6.07) is 12.3. The first-order chi connectivity index (χ1) is 13.9. The van der Waals surface area contributed by atoms with E-state index in [1.807, 2.05) is 31.2 Å². The van der Waals surface area contributed by atoms with E-state index in [0.717, 1.165) is 29.3 Å². The van der Waals surface area contributed by atoms with Crippen LogP contribution in [0.2, 0.25) is 0 Å². The van der Waals surface area contributed by atoms with Gasteiger partial charge in [-0.25, -0.2) is 8.42 Å². The van der Waals surface area contributed by atoms with Crippen molar-refractivity contribution >= 4 is 37.5 Å². The number of benzene rings is 2. The number of anilines is 1. The summed E-state index contributed by atoms with van der Waals surface area (Å²) in [7, 11) is -3.69. The van der Waals surface area contributed by atoms with Crippen molar-refractivity contribution in [2.24, 2.45) is 0 Å². The van der Waals surface area contributed by atoms with Crippen LogP contribution in [0.15, 0.2) is 51.8 Å². The lowest BCUT2D eigenvalue weighted by Crippen LogP contribution is -2.35. The van der Waals surface area contributed by atoms with Crippen molar-refractivity contribution in [2.45, 2.75) is 37.5 Å². The summed E-state index contributed by atoms with van der Waals surface area (Å²) in [5, 5.41) is 2.80. The Labute approximate surface area is 180 Å². The van der Waals surface area contributed by atoms with Gasteiger partial charge in [0.15, 0.2) is 0 Å². The lowest BCUT2D eigenvalue weighted by atomic mass is 10.1. The molecule has 0 radical (unpaired) electrons. The zero-order chi connectivity index (χ0) is 20.9. The minimum atomic E-state index is -3.69. The third kappa shape index (κ3) is 5.58. The fourth-order valence-corrected chi connectivity index (χ4v) is 5.46. The second-order valence-corrected chi connectivity index (χ2v) is 9.74. The molecular formula is C21H25BrN2O4S. The van der Waals surface area contributed by atoms with Gasteiger partial charge in [-0.15, -0.1) is 0 Å². The fraction of sp³-hybridized carbons (Fsp3) is 0.381. The van der Waals surface area contributed by atoms with Gasteiger partial charge >= 0.3 is 0 Å². The molecule has 156 valence electrons. The number of hydrogen-bond donors (Lipinski definition) is 1. The van der Waals surface area contributed by atoms with E-state index in [1.165, 1.54) is 10.4 Å². The Bertz CT molecular complexity index is 972. The van der Waals surface area contributed by atoms with Gasteiger partial charge in [-0.05, 0) is 55.7 Å². The zero-order valence-electron chi connectivity index (χ0n) is 16.4. The lowest BCUT2D eigenvalue weighted by Gasteiger charge is -2.27. The predicted octanol–water partition coefficient (Wildman–Crippen LogP) is 4.20. The number of ether oxygens (including phenoxy) is 1. The first kappa shape index (κ1) is 21.8. The molecule has 0 aromatic heterocycles. The van der Waals surface area contributed by atoms with E-state index in [0.29, 0.717) is 31.1 Å². The van der Waals surface area contributed by atoms with Crippen LogP contribution in [0.1, 0.15) is 31.7 Å². The van der Waals surface area contributed by atoms with E-state index in [4.69, 9.17) is 4.74 Å². The average Bonchev–Trinajstić information content (AvgIpc) is 2.70. The lowest BCUT2D eigenvalue weighted by molar-refractivity contribution is -0.115. The van der Waals surface area contributed by atoms with Crippen LogP contribution in [-0.2, 0) is 21.2 Å². The number of carbonyl (C=O) groups excluding carboxylic acids is 1. The molecule has 3 rings (SSSR count). The summed E-state index contributed by atoms with van der Waals surface area (Å²) in [6.45, 7) is 3.18. The van der Waals surface area contributed by atoms with Crippen molar-refractivity contribution in [2.75, 3.05) is 25.0 Å². The molecule has 8 heteroatoms. The molecule has 0 spiro atoms. The molecule has 0 unspecified atom stereocenters. The van der Waals surface area contributed by atoms with Crippen LogP contribution in [0.5, 0.6) is 5.75 Å². The number of carbonyl (C=O) groups is 1. The molecule has 6 nitrogen and oxygen atoms in total. The van der Waals surface area contributed by atoms with E-state index in [-0.39, 0.29) is 17.2 Å². The van der Waals surface area contributed by atoms with Crippen LogP contribution in [0.25, 0.3) is 0 Å². The molecule has 29 heavy (non-hydrogen) atoms. The van der Waals surface area contributed by atoms with Crippen LogP contribution in [0.4, 0.5) is 5.69 Å². The maximum atomic E-state index is 13.2. The summed E-state index contributed by atoms with van der Waals surface area (Å²) >= 11 is 3.39. The first-order valence-corrected chi connectivity index (χ1v) is 11.9. The van der Waals surface area contributed by atoms with Crippen molar-refractivity contribution in [1.29, 1.82) is 0 Å². The summed E-state index contributed by atoms with van der Waals surface area (Å²) < 4.78 is 34.3. The monoisotopic (exact) mass is 480 g/mol. The number of amides is 1. The van der Waals surface area contributed by atoms with Gasteiger partial charge in [0.2, 0.25) is 15.9 Å². The highest BCUT2D eigenvalue weighted by Crippen LogP contribution is 2.31. The zero-order valence-corrected chi connectivity index (χ0v) is 18.8. The number of piperidine rings is 1. The number of nitrogens with zero attached hydrogens (tertiary/aromatic N) is 1. The van der Waals surface area contributed by atoms with Gasteiger partial charge in [0.25, 0.3) is 0 Å². The van der Waals surface area contributed by atoms with E-state index < -0.39 is 10.0 Å². The van der Waals surface area contributed by atoms with Crippen molar-refractivity contribution in [3.8, 4) is 5.75 Å². The van der Waals surface area contributed by atoms with Crippen LogP contribution in [-0.4, -0.2) is 38.3 Å². The van der Waals surface area contributed by atoms with Gasteiger partial charge in [0.05, 0.1) is 13.0 Å². The van der Waals surface area contributed by atoms with Crippen molar-refractivity contribution in [3.05, 3.63) is 52.5 Å². The Hall–Kier alpha value is -1.90. The first-order valence-electron chi connectivity index (χ1n) is 9.71. The molecule has 0 saturated carbocycles. The maximum absolute atomic E-state index is 13.2. The standard InChI is InChI=1S/C21H25BrN2O4S/c1-2-28-19-10-9-18(23-21(25)14-16-7-6-8-17(22)13-16)15-20(19)29(26,27)24-11-4-3-5-12-24/h6-10,13,15H,2-5,11-12,14H2,1H3,(H,23,25). The largest absolute Gasteiger partial charge is 0.492 e. The SMILES string of the molecule is CCOc1ccc(NC(=O)Cc2cccc(Br)c2)cc1S(=O)(=O)N1CCCCC1. The number of rotatable bonds is 7. The molecular weight excluding hydrogens is 456 g/mol. The highest BCUT2D eigenvalue weighted by atomic mass is 79.9. The Kier molecular flexibility index (Phi) is 7.32. The number of hydrogen-bond acceptors (Lipinski definition) is 4. The Balaban J connectivity index is 1.83. The summed E-state index contributed by atoms with van der Waals surface area (Å²) in [6.07, 6.45) is 2.94. The number of nitrogens with one attached hydrogen (secondary N) is 1. The molecule has 0 bridgehead atoms. The Morgan fingerprint density at radius 1 is 1.14 bits per heavy atom. The summed E-state index contributed by atoms with van der Waals surface area (Å²) in [5.74, 6) is 0.0941. The highest BCUT2D eigenvalue weighted by Gasteiger charge is 2.29. The van der Waals surface area contributed by atoms with Crippen molar-refractivity contribution in [3.63, 3.8) is 0 Å². The van der Waals surface area contributed by atoms with Gasteiger partial charge in [0, 0.05) is 23.2 Å². The van der Waals surface area contributed by atoms with Crippen molar-refractivity contribution in [1.82, 2.24) is 4.31 Å². The highest BCUT2D eigenvalue weighted by molar-refractivity contribution is 9.10. The second kappa shape index (κ2) is 9.73. The van der Waals surface area contributed by atoms with Gasteiger partial charge in [0.1, 0.15) is 10.6 Å². The minimum Gasteiger partial charge on any atom is -0.492 e. The topological polar surface area (TPSA) is 75.7 Å². The third-order valence-electron chi connectivity index (χ3n) is 4.71. The second-order valence-electron chi connectivity index (χ2n) is 6.91. The predicted molar refractivity (Wildman–Crippen MR) is 117 cm³/mol. The van der Waals surface area contributed by atoms with Crippen LogP contribution in [0, 0.1) is 0 Å². The molecule has 1 N–H and O–H groups in total. The van der Waals surface area contributed by atoms with E-state index in [2.05, 4.69) is 21.2 Å². The van der Waals surface area contributed by atoms with Gasteiger partial charge in [-0.1, -0.05) is 34.5 Å². The molecule has 1 fully saturated rings. The quantitative estimate of drug-likeness (QED) is 0.643. The van der Waals surface area contributed by atoms with Gasteiger partial charge < -0.3 is 10.1 Å². The molecule has 1 heterocycles. The maximum Gasteiger partial charge on any atom is 0.246 e. The van der Waals surface area contributed by atoms with E-state index in [1.54, 1.807) is 12.1 Å². The van der Waals surface area contributed by atoms with E-state index >= 15 is 0 Å². The fourth-order valence-electron chi connectivity index (χ4n) is 3.34. The van der Waals surface area contributed by atoms with Crippen molar-refractivity contribution < 1.29 is 17.9 Å². The average molecular weight is 481 g/mol. The molecule has 0 atom stereocenters. The Morgan fingerprint density at radius 2 is 1.90 bits per heavy atom. The minimum absolute atomic E-state index is 0.0986. The number of sulfonamides is 1. The molecule has 2 aromatic rings. The molecule has 1 saturated heterocycles. The molecule has 1 aliphatic heterocycles. The molecule has 1 aliphatic rings. The third-order valence-corrected chi connectivity index (χ3v) is 7.13. The summed E-state index contributed by atoms with van der Waals surface area (Å²) in [4.78, 5) is 12.5. The number of halogens is 1. The van der Waals surface area contributed by atoms with Crippen LogP contribution in [0.3, 0.4) is 0 Å². The smallest absolute Gasteiger partial charge is 0.246 e. The Morgan fingerprint density at radius 3 is 2.59 bits per heavy atom. The molecule has 1 amide bonds. The van der Waals surface area contributed by atoms with Gasteiger partial charge in [-0.3, -0.25) is 4.79 Å². The van der Waals surface area contributed by atoms with Crippen LogP contribution < -0.4 is 10.1 Å². The normalized spacial score (nSPS) is 15.1.